The van der Waals surface area contributed by atoms with Crippen LogP contribution in [0.3, 0.4) is 0 Å². The molecule has 3 rings (SSSR count). The van der Waals surface area contributed by atoms with Crippen molar-refractivity contribution >= 4 is 28.3 Å². The fourth-order valence-electron chi connectivity index (χ4n) is 1.92. The van der Waals surface area contributed by atoms with Crippen LogP contribution in [0.25, 0.3) is 11.2 Å². The Morgan fingerprint density at radius 2 is 2.05 bits per heavy atom. The zero-order valence-corrected chi connectivity index (χ0v) is 12.4. The minimum atomic E-state index is 0.0835. The number of aromatic nitrogens is 5. The molecule has 3 aromatic heterocycles. The number of anilines is 1. The molecule has 3 heterocycles. The predicted octanol–water partition coefficient (Wildman–Crippen LogP) is 3.11. The van der Waals surface area contributed by atoms with Gasteiger partial charge in [-0.2, -0.15) is 0 Å². The SMILES string of the molecule is CC(C)c1nc([C@@H](C)Nc2ncnc3nc[nH]c23)cs1. The molecule has 0 aliphatic carbocycles. The molecule has 0 saturated carbocycles. The number of hydrogen-bond donors (Lipinski definition) is 2. The van der Waals surface area contributed by atoms with E-state index in [4.69, 9.17) is 0 Å². The first kappa shape index (κ1) is 13.0. The number of thiazole rings is 1. The Labute approximate surface area is 120 Å². The highest BCUT2D eigenvalue weighted by molar-refractivity contribution is 7.09. The van der Waals surface area contributed by atoms with E-state index in [9.17, 15) is 0 Å². The van der Waals surface area contributed by atoms with E-state index in [1.54, 1.807) is 17.7 Å². The van der Waals surface area contributed by atoms with Gasteiger partial charge >= 0.3 is 0 Å². The van der Waals surface area contributed by atoms with Crippen LogP contribution in [0.5, 0.6) is 0 Å². The Morgan fingerprint density at radius 1 is 1.20 bits per heavy atom. The van der Waals surface area contributed by atoms with Crippen molar-refractivity contribution < 1.29 is 0 Å². The highest BCUT2D eigenvalue weighted by Gasteiger charge is 2.14. The largest absolute Gasteiger partial charge is 0.360 e. The van der Waals surface area contributed by atoms with Crippen LogP contribution in [0.1, 0.15) is 43.4 Å². The standard InChI is InChI=1S/C13H16N6S/c1-7(2)13-19-9(4-20-13)8(3)18-12-10-11(15-5-14-10)16-6-17-12/h4-8H,1-3H3,(H2,14,15,16,17,18)/t8-/m1/s1. The molecular weight excluding hydrogens is 272 g/mol. The minimum absolute atomic E-state index is 0.0835. The van der Waals surface area contributed by atoms with Gasteiger partial charge in [-0.1, -0.05) is 13.8 Å². The molecule has 3 aromatic rings. The number of hydrogen-bond acceptors (Lipinski definition) is 6. The molecule has 0 amide bonds. The monoisotopic (exact) mass is 288 g/mol. The molecule has 0 bridgehead atoms. The number of nitrogens with one attached hydrogen (secondary N) is 2. The molecular formula is C13H16N6S. The molecule has 6 nitrogen and oxygen atoms in total. The van der Waals surface area contributed by atoms with Crippen LogP contribution in [-0.2, 0) is 0 Å². The van der Waals surface area contributed by atoms with Crippen LogP contribution in [0.2, 0.25) is 0 Å². The summed E-state index contributed by atoms with van der Waals surface area (Å²) in [6.07, 6.45) is 3.13. The van der Waals surface area contributed by atoms with E-state index < -0.39 is 0 Å². The van der Waals surface area contributed by atoms with Crippen LogP contribution in [0.4, 0.5) is 5.82 Å². The van der Waals surface area contributed by atoms with Gasteiger partial charge in [0.2, 0.25) is 0 Å². The summed E-state index contributed by atoms with van der Waals surface area (Å²) in [6, 6.07) is 0.0835. The summed E-state index contributed by atoms with van der Waals surface area (Å²) in [6.45, 7) is 6.38. The summed E-state index contributed by atoms with van der Waals surface area (Å²) in [5.74, 6) is 1.21. The van der Waals surface area contributed by atoms with Crippen molar-refractivity contribution in [3.63, 3.8) is 0 Å². The Hall–Kier alpha value is -2.02. The molecule has 0 fully saturated rings. The predicted molar refractivity (Wildman–Crippen MR) is 79.9 cm³/mol. The lowest BCUT2D eigenvalue weighted by Gasteiger charge is -2.12. The summed E-state index contributed by atoms with van der Waals surface area (Å²) >= 11 is 1.70. The number of aromatic amines is 1. The second-order valence-corrected chi connectivity index (χ2v) is 5.84. The van der Waals surface area contributed by atoms with Gasteiger partial charge in [0.25, 0.3) is 0 Å². The first-order chi connectivity index (χ1) is 9.65. The van der Waals surface area contributed by atoms with Crippen LogP contribution in [0, 0.1) is 0 Å². The molecule has 1 atom stereocenters. The quantitative estimate of drug-likeness (QED) is 0.771. The van der Waals surface area contributed by atoms with Gasteiger partial charge in [-0.05, 0) is 6.92 Å². The lowest BCUT2D eigenvalue weighted by atomic mass is 10.2. The zero-order chi connectivity index (χ0) is 14.1. The Morgan fingerprint density at radius 3 is 2.80 bits per heavy atom. The molecule has 20 heavy (non-hydrogen) atoms. The van der Waals surface area contributed by atoms with Crippen molar-refractivity contribution in [1.29, 1.82) is 0 Å². The highest BCUT2D eigenvalue weighted by Crippen LogP contribution is 2.25. The van der Waals surface area contributed by atoms with Crippen molar-refractivity contribution in [3.8, 4) is 0 Å². The van der Waals surface area contributed by atoms with Crippen LogP contribution >= 0.6 is 11.3 Å². The lowest BCUT2D eigenvalue weighted by Crippen LogP contribution is -2.09. The Kier molecular flexibility index (Phi) is 3.35. The number of rotatable bonds is 4. The minimum Gasteiger partial charge on any atom is -0.360 e. The van der Waals surface area contributed by atoms with Crippen molar-refractivity contribution in [3.05, 3.63) is 28.7 Å². The molecule has 0 aromatic carbocycles. The van der Waals surface area contributed by atoms with Crippen molar-refractivity contribution in [2.24, 2.45) is 0 Å². The maximum atomic E-state index is 4.66. The van der Waals surface area contributed by atoms with E-state index in [-0.39, 0.29) is 6.04 Å². The van der Waals surface area contributed by atoms with Gasteiger partial charge in [0.1, 0.15) is 11.8 Å². The fraction of sp³-hybridized carbons (Fsp3) is 0.385. The summed E-state index contributed by atoms with van der Waals surface area (Å²) < 4.78 is 0. The zero-order valence-electron chi connectivity index (χ0n) is 11.6. The second kappa shape index (κ2) is 5.16. The smallest absolute Gasteiger partial charge is 0.182 e. The van der Waals surface area contributed by atoms with Gasteiger partial charge in [-0.25, -0.2) is 19.9 Å². The third kappa shape index (κ3) is 2.36. The summed E-state index contributed by atoms with van der Waals surface area (Å²) in [5.41, 5.74) is 2.51. The second-order valence-electron chi connectivity index (χ2n) is 4.95. The third-order valence-electron chi connectivity index (χ3n) is 3.05. The number of nitrogens with zero attached hydrogens (tertiary/aromatic N) is 4. The highest BCUT2D eigenvalue weighted by atomic mass is 32.1. The molecule has 0 aliphatic heterocycles. The summed E-state index contributed by atoms with van der Waals surface area (Å²) in [7, 11) is 0. The van der Waals surface area contributed by atoms with E-state index in [2.05, 4.69) is 56.4 Å². The molecule has 2 N–H and O–H groups in total. The summed E-state index contributed by atoms with van der Waals surface area (Å²) in [4.78, 5) is 20.2. The van der Waals surface area contributed by atoms with Gasteiger partial charge in [0, 0.05) is 11.3 Å². The maximum Gasteiger partial charge on any atom is 0.182 e. The maximum absolute atomic E-state index is 4.66. The molecule has 7 heteroatoms. The van der Waals surface area contributed by atoms with Crippen molar-refractivity contribution in [2.75, 3.05) is 5.32 Å². The van der Waals surface area contributed by atoms with Crippen molar-refractivity contribution in [1.82, 2.24) is 24.9 Å². The molecule has 0 unspecified atom stereocenters. The number of H-pyrrole nitrogens is 1. The Balaban J connectivity index is 1.84. The van der Waals surface area contributed by atoms with Crippen LogP contribution < -0.4 is 5.32 Å². The molecule has 0 radical (unpaired) electrons. The fourth-order valence-corrected chi connectivity index (χ4v) is 2.85. The average Bonchev–Trinajstić information content (AvgIpc) is 3.08. The Bertz CT molecular complexity index is 716. The van der Waals surface area contributed by atoms with Gasteiger partial charge < -0.3 is 10.3 Å². The number of imidazole rings is 1. The van der Waals surface area contributed by atoms with Gasteiger partial charge in [0.15, 0.2) is 11.5 Å². The normalized spacial score (nSPS) is 13.0. The third-order valence-corrected chi connectivity index (χ3v) is 4.22. The summed E-state index contributed by atoms with van der Waals surface area (Å²) in [5, 5.41) is 6.61. The van der Waals surface area contributed by atoms with Crippen LogP contribution in [0.15, 0.2) is 18.0 Å². The van der Waals surface area contributed by atoms with E-state index in [1.807, 2.05) is 0 Å². The first-order valence-corrected chi connectivity index (χ1v) is 7.39. The van der Waals surface area contributed by atoms with Gasteiger partial charge in [-0.15, -0.1) is 11.3 Å². The lowest BCUT2D eigenvalue weighted by molar-refractivity contribution is 0.799. The molecule has 0 saturated heterocycles. The van der Waals surface area contributed by atoms with Crippen molar-refractivity contribution in [2.45, 2.75) is 32.7 Å². The van der Waals surface area contributed by atoms with Crippen LogP contribution in [-0.4, -0.2) is 24.9 Å². The van der Waals surface area contributed by atoms with Gasteiger partial charge in [0.05, 0.1) is 23.1 Å². The molecule has 0 aliphatic rings. The molecule has 104 valence electrons. The van der Waals surface area contributed by atoms with E-state index >= 15 is 0 Å². The first-order valence-electron chi connectivity index (χ1n) is 6.51. The van der Waals surface area contributed by atoms with Gasteiger partial charge in [-0.3, -0.25) is 0 Å². The van der Waals surface area contributed by atoms with E-state index in [1.165, 1.54) is 6.33 Å². The van der Waals surface area contributed by atoms with E-state index in [0.29, 0.717) is 11.6 Å². The molecule has 0 spiro atoms. The average molecular weight is 288 g/mol. The number of fused-ring (bicyclic) bond motifs is 1. The van der Waals surface area contributed by atoms with E-state index in [0.717, 1.165) is 22.0 Å². The topological polar surface area (TPSA) is 79.4 Å².